The number of amides is 2. The third-order valence-electron chi connectivity index (χ3n) is 2.86. The molecular weight excluding hydrogens is 387 g/mol. The van der Waals surface area contributed by atoms with E-state index in [0.717, 1.165) is 14.2 Å². The fourth-order valence-electron chi connectivity index (χ4n) is 1.73. The molecule has 0 aromatic heterocycles. The Kier molecular flexibility index (Phi) is 7.05. The van der Waals surface area contributed by atoms with Gasteiger partial charge in [0.05, 0.1) is 14.2 Å². The summed E-state index contributed by atoms with van der Waals surface area (Å²) in [4.78, 5) is 34.2. The predicted octanol–water partition coefficient (Wildman–Crippen LogP) is 4.33. The highest BCUT2D eigenvalue weighted by Gasteiger charge is 2.31. The Labute approximate surface area is 159 Å². The van der Waals surface area contributed by atoms with Crippen molar-refractivity contribution in [1.29, 1.82) is 0 Å². The van der Waals surface area contributed by atoms with Crippen LogP contribution in [0.4, 0.5) is 9.59 Å². The molecule has 0 saturated heterocycles. The second-order valence-electron chi connectivity index (χ2n) is 4.55. The lowest BCUT2D eigenvalue weighted by Gasteiger charge is -2.27. The molecule has 2 aromatic rings. The van der Waals surface area contributed by atoms with Gasteiger partial charge in [0.2, 0.25) is 0 Å². The SMILES string of the molecule is CON(C(=O)Oc1ccc(Cl)cc1)N(OC)C(=O)Oc1ccc(Cl)cc1. The van der Waals surface area contributed by atoms with Gasteiger partial charge >= 0.3 is 12.2 Å². The Morgan fingerprint density at radius 2 is 1.00 bits per heavy atom. The monoisotopic (exact) mass is 400 g/mol. The summed E-state index contributed by atoms with van der Waals surface area (Å²) in [6.07, 6.45) is -2.10. The van der Waals surface area contributed by atoms with E-state index in [1.54, 1.807) is 0 Å². The van der Waals surface area contributed by atoms with Crippen LogP contribution in [0.15, 0.2) is 48.5 Å². The van der Waals surface area contributed by atoms with E-state index >= 15 is 0 Å². The standard InChI is InChI=1S/C16H14Cl2N2O6/c1-23-19(15(21)25-13-7-3-11(17)4-8-13)20(24-2)16(22)26-14-9-5-12(18)6-10-14/h3-10H,1-2H3. The molecule has 0 spiro atoms. The maximum Gasteiger partial charge on any atom is 0.461 e. The molecule has 0 aliphatic carbocycles. The van der Waals surface area contributed by atoms with Crippen molar-refractivity contribution < 1.29 is 28.7 Å². The van der Waals surface area contributed by atoms with Crippen LogP contribution in [0.1, 0.15) is 0 Å². The summed E-state index contributed by atoms with van der Waals surface area (Å²) in [6, 6.07) is 12.0. The van der Waals surface area contributed by atoms with Crippen molar-refractivity contribution in [3.63, 3.8) is 0 Å². The second kappa shape index (κ2) is 9.25. The van der Waals surface area contributed by atoms with Crippen LogP contribution in [-0.2, 0) is 9.68 Å². The molecular formula is C16H14Cl2N2O6. The van der Waals surface area contributed by atoms with E-state index in [-0.39, 0.29) is 11.5 Å². The van der Waals surface area contributed by atoms with E-state index < -0.39 is 12.2 Å². The Morgan fingerprint density at radius 1 is 0.692 bits per heavy atom. The molecule has 0 fully saturated rings. The summed E-state index contributed by atoms with van der Waals surface area (Å²) in [5.74, 6) is 0.368. The van der Waals surface area contributed by atoms with E-state index in [1.807, 2.05) is 0 Å². The molecule has 8 nitrogen and oxygen atoms in total. The van der Waals surface area contributed by atoms with Crippen molar-refractivity contribution in [2.75, 3.05) is 14.2 Å². The minimum atomic E-state index is -1.05. The molecule has 0 aliphatic heterocycles. The number of hydrogen-bond donors (Lipinski definition) is 0. The van der Waals surface area contributed by atoms with Crippen LogP contribution in [0.5, 0.6) is 11.5 Å². The van der Waals surface area contributed by atoms with Crippen molar-refractivity contribution in [2.45, 2.75) is 0 Å². The normalized spacial score (nSPS) is 10.2. The van der Waals surface area contributed by atoms with Crippen molar-refractivity contribution in [3.8, 4) is 11.5 Å². The third-order valence-corrected chi connectivity index (χ3v) is 3.36. The molecule has 0 N–H and O–H groups in total. The molecule has 0 saturated carbocycles. The van der Waals surface area contributed by atoms with Gasteiger partial charge in [-0.3, -0.25) is 0 Å². The quantitative estimate of drug-likeness (QED) is 0.710. The van der Waals surface area contributed by atoms with Crippen molar-refractivity contribution in [2.24, 2.45) is 0 Å². The third kappa shape index (κ3) is 5.24. The summed E-state index contributed by atoms with van der Waals surface area (Å²) in [5.41, 5.74) is 0. The van der Waals surface area contributed by atoms with Crippen LogP contribution >= 0.6 is 23.2 Å². The van der Waals surface area contributed by atoms with Gasteiger partial charge in [0.1, 0.15) is 11.5 Å². The van der Waals surface area contributed by atoms with E-state index in [9.17, 15) is 9.59 Å². The molecule has 10 heteroatoms. The number of carbonyl (C=O) groups is 2. The number of hydrazine groups is 1. The Balaban J connectivity index is 2.08. The van der Waals surface area contributed by atoms with Gasteiger partial charge in [0.25, 0.3) is 0 Å². The highest BCUT2D eigenvalue weighted by Crippen LogP contribution is 2.19. The number of ether oxygens (including phenoxy) is 2. The number of nitrogens with zero attached hydrogens (tertiary/aromatic N) is 2. The average Bonchev–Trinajstić information content (AvgIpc) is 2.63. The zero-order valence-corrected chi connectivity index (χ0v) is 15.2. The first kappa shape index (κ1) is 19.8. The minimum Gasteiger partial charge on any atom is -0.407 e. The number of benzene rings is 2. The van der Waals surface area contributed by atoms with Crippen LogP contribution in [-0.4, -0.2) is 36.8 Å². The summed E-state index contributed by atoms with van der Waals surface area (Å²) < 4.78 is 10.2. The predicted molar refractivity (Wildman–Crippen MR) is 92.6 cm³/mol. The maximum atomic E-state index is 12.2. The first-order valence-corrected chi connectivity index (χ1v) is 7.83. The second-order valence-corrected chi connectivity index (χ2v) is 5.43. The van der Waals surface area contributed by atoms with E-state index in [4.69, 9.17) is 42.4 Å². The zero-order chi connectivity index (χ0) is 19.1. The molecule has 0 bridgehead atoms. The van der Waals surface area contributed by atoms with Gasteiger partial charge in [-0.25, -0.2) is 19.3 Å². The number of hydrogen-bond acceptors (Lipinski definition) is 6. The van der Waals surface area contributed by atoms with Gasteiger partial charge in [-0.15, -0.1) is 0 Å². The van der Waals surface area contributed by atoms with E-state index in [2.05, 4.69) is 0 Å². The molecule has 0 unspecified atom stereocenters. The summed E-state index contributed by atoms with van der Waals surface area (Å²) in [5, 5.41) is 1.82. The van der Waals surface area contributed by atoms with Gasteiger partial charge in [0.15, 0.2) is 0 Å². The fourth-order valence-corrected chi connectivity index (χ4v) is 1.98. The van der Waals surface area contributed by atoms with Gasteiger partial charge < -0.3 is 9.47 Å². The van der Waals surface area contributed by atoms with Gasteiger partial charge in [-0.2, -0.15) is 0 Å². The van der Waals surface area contributed by atoms with Crippen molar-refractivity contribution in [1.82, 2.24) is 10.3 Å². The van der Waals surface area contributed by atoms with Gasteiger partial charge in [-0.1, -0.05) is 33.5 Å². The minimum absolute atomic E-state index is 0.184. The molecule has 138 valence electrons. The van der Waals surface area contributed by atoms with Crippen LogP contribution in [0.25, 0.3) is 0 Å². The van der Waals surface area contributed by atoms with Crippen molar-refractivity contribution in [3.05, 3.63) is 58.6 Å². The lowest BCUT2D eigenvalue weighted by Crippen LogP contribution is -2.50. The van der Waals surface area contributed by atoms with E-state index in [1.165, 1.54) is 48.5 Å². The Hall–Kier alpha value is -2.52. The maximum absolute atomic E-state index is 12.2. The summed E-state index contributed by atoms with van der Waals surface area (Å²) >= 11 is 11.5. The topological polar surface area (TPSA) is 77.5 Å². The first-order chi connectivity index (χ1) is 12.4. The molecule has 2 aromatic carbocycles. The molecule has 0 heterocycles. The molecule has 2 amide bonds. The molecule has 0 aliphatic rings. The molecule has 0 atom stereocenters. The van der Waals surface area contributed by atoms with Crippen LogP contribution in [0, 0.1) is 0 Å². The number of carbonyl (C=O) groups excluding carboxylic acids is 2. The lowest BCUT2D eigenvalue weighted by atomic mass is 10.3. The summed E-state index contributed by atoms with van der Waals surface area (Å²) in [6.45, 7) is 0. The van der Waals surface area contributed by atoms with Crippen molar-refractivity contribution >= 4 is 35.4 Å². The highest BCUT2D eigenvalue weighted by molar-refractivity contribution is 6.30. The van der Waals surface area contributed by atoms with E-state index in [0.29, 0.717) is 20.4 Å². The van der Waals surface area contributed by atoms with Crippen LogP contribution < -0.4 is 9.47 Å². The Bertz CT molecular complexity index is 689. The summed E-state index contributed by atoms with van der Waals surface area (Å²) in [7, 11) is 2.29. The van der Waals surface area contributed by atoms with Gasteiger partial charge in [-0.05, 0) is 48.5 Å². The number of hydroxylamine groups is 2. The van der Waals surface area contributed by atoms with Crippen LogP contribution in [0.3, 0.4) is 0 Å². The van der Waals surface area contributed by atoms with Crippen LogP contribution in [0.2, 0.25) is 10.0 Å². The zero-order valence-electron chi connectivity index (χ0n) is 13.7. The fraction of sp³-hybridized carbons (Fsp3) is 0.125. The average molecular weight is 401 g/mol. The van der Waals surface area contributed by atoms with Gasteiger partial charge in [0, 0.05) is 10.0 Å². The molecule has 0 radical (unpaired) electrons. The Morgan fingerprint density at radius 3 is 1.27 bits per heavy atom. The first-order valence-electron chi connectivity index (χ1n) is 7.07. The smallest absolute Gasteiger partial charge is 0.407 e. The molecule has 2 rings (SSSR count). The highest BCUT2D eigenvalue weighted by atomic mass is 35.5. The molecule has 26 heavy (non-hydrogen) atoms. The lowest BCUT2D eigenvalue weighted by molar-refractivity contribution is -0.333. The number of halogens is 2. The largest absolute Gasteiger partial charge is 0.461 e. The number of rotatable bonds is 4.